The SMILES string of the molecule is O=C(O)COc1ccc(S(=O)(=O)NCCO)cc1Cl. The lowest BCUT2D eigenvalue weighted by Crippen LogP contribution is -2.26. The minimum absolute atomic E-state index is 0.0203. The first-order valence-corrected chi connectivity index (χ1v) is 6.97. The summed E-state index contributed by atoms with van der Waals surface area (Å²) in [7, 11) is -3.76. The van der Waals surface area contributed by atoms with Crippen LogP contribution in [-0.2, 0) is 14.8 Å². The molecule has 0 spiro atoms. The molecule has 0 unspecified atom stereocenters. The van der Waals surface area contributed by atoms with Crippen molar-refractivity contribution in [3.05, 3.63) is 23.2 Å². The average molecular weight is 310 g/mol. The Kier molecular flexibility index (Phi) is 5.55. The molecule has 0 fully saturated rings. The third-order valence-electron chi connectivity index (χ3n) is 1.97. The minimum Gasteiger partial charge on any atom is -0.480 e. The van der Waals surface area contributed by atoms with Crippen LogP contribution in [0.2, 0.25) is 5.02 Å². The normalized spacial score (nSPS) is 11.3. The molecule has 0 atom stereocenters. The van der Waals surface area contributed by atoms with Crippen LogP contribution in [0.25, 0.3) is 0 Å². The van der Waals surface area contributed by atoms with E-state index >= 15 is 0 Å². The Hall–Kier alpha value is -1.35. The van der Waals surface area contributed by atoms with E-state index in [1.165, 1.54) is 12.1 Å². The zero-order valence-corrected chi connectivity index (χ0v) is 11.2. The predicted molar refractivity (Wildman–Crippen MR) is 66.9 cm³/mol. The molecule has 0 aliphatic heterocycles. The molecule has 1 aromatic rings. The molecule has 0 heterocycles. The molecule has 7 nitrogen and oxygen atoms in total. The van der Waals surface area contributed by atoms with Crippen molar-refractivity contribution in [3.63, 3.8) is 0 Å². The predicted octanol–water partition coefficient (Wildman–Crippen LogP) is 0.0740. The highest BCUT2D eigenvalue weighted by Crippen LogP contribution is 2.27. The van der Waals surface area contributed by atoms with Crippen molar-refractivity contribution in [2.75, 3.05) is 19.8 Å². The van der Waals surface area contributed by atoms with Gasteiger partial charge in [-0.2, -0.15) is 0 Å². The molecule has 0 saturated heterocycles. The van der Waals surface area contributed by atoms with Crippen molar-refractivity contribution in [1.82, 2.24) is 4.72 Å². The summed E-state index contributed by atoms with van der Waals surface area (Å²) in [5.74, 6) is -1.09. The van der Waals surface area contributed by atoms with Crippen LogP contribution in [0.15, 0.2) is 23.1 Å². The molecule has 0 bridgehead atoms. The summed E-state index contributed by atoms with van der Waals surface area (Å²) in [6, 6.07) is 3.63. The summed E-state index contributed by atoms with van der Waals surface area (Å²) in [6.45, 7) is -1.02. The number of carbonyl (C=O) groups is 1. The lowest BCUT2D eigenvalue weighted by Gasteiger charge is -2.09. The van der Waals surface area contributed by atoms with Gasteiger partial charge in [0.25, 0.3) is 0 Å². The van der Waals surface area contributed by atoms with Gasteiger partial charge in [-0.15, -0.1) is 0 Å². The maximum atomic E-state index is 11.7. The van der Waals surface area contributed by atoms with Gasteiger partial charge in [0.2, 0.25) is 10.0 Å². The van der Waals surface area contributed by atoms with Crippen molar-refractivity contribution in [1.29, 1.82) is 0 Å². The van der Waals surface area contributed by atoms with Gasteiger partial charge in [-0.05, 0) is 18.2 Å². The largest absolute Gasteiger partial charge is 0.480 e. The molecule has 106 valence electrons. The molecule has 0 aliphatic carbocycles. The number of carboxylic acids is 1. The Morgan fingerprint density at radius 2 is 2.11 bits per heavy atom. The van der Waals surface area contributed by atoms with Gasteiger partial charge in [-0.3, -0.25) is 0 Å². The first-order chi connectivity index (χ1) is 8.86. The molecule has 0 aromatic heterocycles. The molecule has 9 heteroatoms. The van der Waals surface area contributed by atoms with Crippen molar-refractivity contribution in [2.45, 2.75) is 4.90 Å². The molecular formula is C10H12ClNO6S. The Labute approximate surface area is 114 Å². The Balaban J connectivity index is 2.90. The number of aliphatic hydroxyl groups excluding tert-OH is 1. The van der Waals surface area contributed by atoms with E-state index in [-0.39, 0.29) is 28.8 Å². The van der Waals surface area contributed by atoms with Crippen molar-refractivity contribution in [3.8, 4) is 5.75 Å². The van der Waals surface area contributed by atoms with E-state index < -0.39 is 22.6 Å². The number of aliphatic hydroxyl groups is 1. The molecule has 0 radical (unpaired) electrons. The summed E-state index contributed by atoms with van der Waals surface area (Å²) >= 11 is 5.79. The van der Waals surface area contributed by atoms with Gasteiger partial charge in [-0.25, -0.2) is 17.9 Å². The molecule has 0 aliphatic rings. The lowest BCUT2D eigenvalue weighted by molar-refractivity contribution is -0.139. The molecule has 3 N–H and O–H groups in total. The Bertz CT molecular complexity index is 559. The Morgan fingerprint density at radius 3 is 2.63 bits per heavy atom. The van der Waals surface area contributed by atoms with Crippen molar-refractivity contribution < 1.29 is 28.2 Å². The molecule has 1 rings (SSSR count). The number of ether oxygens (including phenoxy) is 1. The zero-order valence-electron chi connectivity index (χ0n) is 9.67. The van der Waals surface area contributed by atoms with Crippen LogP contribution in [0.5, 0.6) is 5.75 Å². The molecule has 0 saturated carbocycles. The third-order valence-corrected chi connectivity index (χ3v) is 3.72. The summed E-state index contributed by atoms with van der Waals surface area (Å²) in [4.78, 5) is 10.2. The van der Waals surface area contributed by atoms with Crippen LogP contribution in [0, 0.1) is 0 Å². The summed E-state index contributed by atoms with van der Waals surface area (Å²) in [6.07, 6.45) is 0. The maximum Gasteiger partial charge on any atom is 0.341 e. The first kappa shape index (κ1) is 15.7. The maximum absolute atomic E-state index is 11.7. The number of halogens is 1. The number of hydrogen-bond acceptors (Lipinski definition) is 5. The highest BCUT2D eigenvalue weighted by Gasteiger charge is 2.15. The van der Waals surface area contributed by atoms with Gasteiger partial charge < -0.3 is 14.9 Å². The minimum atomic E-state index is -3.76. The molecular weight excluding hydrogens is 298 g/mol. The van der Waals surface area contributed by atoms with E-state index in [0.29, 0.717) is 0 Å². The van der Waals surface area contributed by atoms with Crippen molar-refractivity contribution >= 4 is 27.6 Å². The number of sulfonamides is 1. The topological polar surface area (TPSA) is 113 Å². The second kappa shape index (κ2) is 6.71. The highest BCUT2D eigenvalue weighted by atomic mass is 35.5. The number of hydrogen-bond donors (Lipinski definition) is 3. The van der Waals surface area contributed by atoms with E-state index in [1.54, 1.807) is 0 Å². The van der Waals surface area contributed by atoms with E-state index in [1.807, 2.05) is 0 Å². The van der Waals surface area contributed by atoms with Crippen LogP contribution < -0.4 is 9.46 Å². The van der Waals surface area contributed by atoms with Crippen LogP contribution in [-0.4, -0.2) is 44.4 Å². The van der Waals surface area contributed by atoms with Gasteiger partial charge >= 0.3 is 5.97 Å². The quantitative estimate of drug-likeness (QED) is 0.657. The molecule has 1 aromatic carbocycles. The summed E-state index contributed by atoms with van der Waals surface area (Å²) in [5.41, 5.74) is 0. The number of carboxylic acid groups (broad SMARTS) is 1. The smallest absolute Gasteiger partial charge is 0.341 e. The van der Waals surface area contributed by atoms with E-state index in [9.17, 15) is 13.2 Å². The van der Waals surface area contributed by atoms with Crippen LogP contribution in [0.3, 0.4) is 0 Å². The molecule has 0 amide bonds. The van der Waals surface area contributed by atoms with Gasteiger partial charge in [0, 0.05) is 6.54 Å². The van der Waals surface area contributed by atoms with E-state index in [4.69, 9.17) is 26.6 Å². The second-order valence-electron chi connectivity index (χ2n) is 3.40. The van der Waals surface area contributed by atoms with Crippen molar-refractivity contribution in [2.24, 2.45) is 0 Å². The fourth-order valence-electron chi connectivity index (χ4n) is 1.17. The van der Waals surface area contributed by atoms with Gasteiger partial charge in [0.15, 0.2) is 6.61 Å². The monoisotopic (exact) mass is 309 g/mol. The molecule has 19 heavy (non-hydrogen) atoms. The average Bonchev–Trinajstić information content (AvgIpc) is 2.34. The fraction of sp³-hybridized carbons (Fsp3) is 0.300. The lowest BCUT2D eigenvalue weighted by atomic mass is 10.3. The number of nitrogens with one attached hydrogen (secondary N) is 1. The van der Waals surface area contributed by atoms with Crippen LogP contribution in [0.4, 0.5) is 0 Å². The Morgan fingerprint density at radius 1 is 1.42 bits per heavy atom. The van der Waals surface area contributed by atoms with Crippen LogP contribution in [0.1, 0.15) is 0 Å². The summed E-state index contributed by atoms with van der Waals surface area (Å²) < 4.78 is 30.4. The summed E-state index contributed by atoms with van der Waals surface area (Å²) in [5, 5.41) is 17.0. The van der Waals surface area contributed by atoms with Gasteiger partial charge in [0.1, 0.15) is 5.75 Å². The number of rotatable bonds is 7. The third kappa shape index (κ3) is 4.67. The van der Waals surface area contributed by atoms with E-state index in [2.05, 4.69) is 4.72 Å². The number of benzene rings is 1. The van der Waals surface area contributed by atoms with Gasteiger partial charge in [-0.1, -0.05) is 11.6 Å². The zero-order chi connectivity index (χ0) is 14.5. The highest BCUT2D eigenvalue weighted by molar-refractivity contribution is 7.89. The standard InChI is InChI=1S/C10H12ClNO6S/c11-8-5-7(19(16,17)12-3-4-13)1-2-9(8)18-6-10(14)15/h1-2,5,12-13H,3-4,6H2,(H,14,15). The van der Waals surface area contributed by atoms with Gasteiger partial charge in [0.05, 0.1) is 16.5 Å². The van der Waals surface area contributed by atoms with Crippen LogP contribution >= 0.6 is 11.6 Å². The fourth-order valence-corrected chi connectivity index (χ4v) is 2.52. The second-order valence-corrected chi connectivity index (χ2v) is 5.57. The first-order valence-electron chi connectivity index (χ1n) is 5.11. The number of aliphatic carboxylic acids is 1. The van der Waals surface area contributed by atoms with E-state index in [0.717, 1.165) is 6.07 Å².